The Balaban J connectivity index is 2.57. The number of benzene rings is 2. The smallest absolute Gasteiger partial charge is 0.337 e. The number of aryl methyl sites for hydroxylation is 1. The van der Waals surface area contributed by atoms with Crippen LogP contribution < -0.4 is 0 Å². The summed E-state index contributed by atoms with van der Waals surface area (Å²) in [5, 5.41) is 9.31. The van der Waals surface area contributed by atoms with Crippen molar-refractivity contribution in [2.24, 2.45) is 0 Å². The number of ether oxygens (including phenoxy) is 1. The molecule has 1 N–H and O–H groups in total. The van der Waals surface area contributed by atoms with E-state index in [1.807, 2.05) is 37.3 Å². The molecule has 0 saturated heterocycles. The predicted octanol–water partition coefficient (Wildman–Crippen LogP) is 2.94. The molecule has 3 heteroatoms. The second kappa shape index (κ2) is 5.67. The van der Waals surface area contributed by atoms with Crippen molar-refractivity contribution >= 4 is 5.97 Å². The van der Waals surface area contributed by atoms with Gasteiger partial charge in [0.2, 0.25) is 0 Å². The van der Waals surface area contributed by atoms with Gasteiger partial charge in [0, 0.05) is 0 Å². The van der Waals surface area contributed by atoms with Crippen LogP contribution in [0.3, 0.4) is 0 Å². The first-order chi connectivity index (χ1) is 9.15. The van der Waals surface area contributed by atoms with Crippen LogP contribution in [0.15, 0.2) is 42.5 Å². The molecule has 0 saturated carbocycles. The van der Waals surface area contributed by atoms with Crippen molar-refractivity contribution in [2.45, 2.75) is 13.5 Å². The molecule has 0 amide bonds. The normalized spacial score (nSPS) is 10.3. The first-order valence-corrected chi connectivity index (χ1v) is 6.05. The first-order valence-electron chi connectivity index (χ1n) is 6.05. The zero-order valence-corrected chi connectivity index (χ0v) is 11.0. The van der Waals surface area contributed by atoms with Gasteiger partial charge in [-0.1, -0.05) is 24.3 Å². The highest BCUT2D eigenvalue weighted by atomic mass is 16.5. The topological polar surface area (TPSA) is 46.5 Å². The van der Waals surface area contributed by atoms with Crippen LogP contribution in [-0.2, 0) is 11.3 Å². The van der Waals surface area contributed by atoms with Crippen molar-refractivity contribution in [2.75, 3.05) is 7.11 Å². The standard InChI is InChI=1S/C16H16O3/c1-11-5-3-4-6-15(11)13-7-12(10-17)8-14(9-13)16(18)19-2/h3-9,17H,10H2,1-2H3. The zero-order valence-electron chi connectivity index (χ0n) is 11.0. The number of hydrogen-bond donors (Lipinski definition) is 1. The van der Waals surface area contributed by atoms with Crippen molar-refractivity contribution in [3.63, 3.8) is 0 Å². The van der Waals surface area contributed by atoms with Gasteiger partial charge in [0.1, 0.15) is 0 Å². The summed E-state index contributed by atoms with van der Waals surface area (Å²) in [5.74, 6) is -0.398. The lowest BCUT2D eigenvalue weighted by molar-refractivity contribution is 0.0600. The van der Waals surface area contributed by atoms with E-state index in [-0.39, 0.29) is 6.61 Å². The Morgan fingerprint density at radius 1 is 1.21 bits per heavy atom. The Bertz CT molecular complexity index is 603. The summed E-state index contributed by atoms with van der Waals surface area (Å²) in [5.41, 5.74) is 4.22. The van der Waals surface area contributed by atoms with E-state index in [1.165, 1.54) is 7.11 Å². The van der Waals surface area contributed by atoms with Crippen LogP contribution in [0.2, 0.25) is 0 Å². The van der Waals surface area contributed by atoms with Crippen LogP contribution in [0, 0.1) is 6.92 Å². The van der Waals surface area contributed by atoms with E-state index in [1.54, 1.807) is 12.1 Å². The summed E-state index contributed by atoms with van der Waals surface area (Å²) in [6, 6.07) is 13.2. The van der Waals surface area contributed by atoms with Crippen molar-refractivity contribution < 1.29 is 14.6 Å². The third-order valence-electron chi connectivity index (χ3n) is 3.05. The highest BCUT2D eigenvalue weighted by Crippen LogP contribution is 2.26. The highest BCUT2D eigenvalue weighted by Gasteiger charge is 2.10. The maximum atomic E-state index is 11.6. The summed E-state index contributed by atoms with van der Waals surface area (Å²) < 4.78 is 4.74. The van der Waals surface area contributed by atoms with E-state index in [0.717, 1.165) is 16.7 Å². The monoisotopic (exact) mass is 256 g/mol. The number of hydrogen-bond acceptors (Lipinski definition) is 3. The molecule has 3 nitrogen and oxygen atoms in total. The second-order valence-electron chi connectivity index (χ2n) is 4.38. The summed E-state index contributed by atoms with van der Waals surface area (Å²) >= 11 is 0. The molecular formula is C16H16O3. The molecule has 0 fully saturated rings. The van der Waals surface area contributed by atoms with Gasteiger partial charge in [-0.15, -0.1) is 0 Å². The molecule has 0 aromatic heterocycles. The summed E-state index contributed by atoms with van der Waals surface area (Å²) in [4.78, 5) is 11.6. The van der Waals surface area contributed by atoms with Gasteiger partial charge in [-0.05, 0) is 47.4 Å². The molecule has 2 aromatic rings. The lowest BCUT2D eigenvalue weighted by Gasteiger charge is -2.10. The largest absolute Gasteiger partial charge is 0.465 e. The van der Waals surface area contributed by atoms with Crippen LogP contribution in [-0.4, -0.2) is 18.2 Å². The van der Waals surface area contributed by atoms with Crippen molar-refractivity contribution in [1.82, 2.24) is 0 Å². The molecule has 2 aromatic carbocycles. The Labute approximate surface area is 112 Å². The average Bonchev–Trinajstić information content (AvgIpc) is 2.46. The van der Waals surface area contributed by atoms with Gasteiger partial charge in [0.15, 0.2) is 0 Å². The molecule has 0 bridgehead atoms. The van der Waals surface area contributed by atoms with Gasteiger partial charge in [-0.25, -0.2) is 4.79 Å². The van der Waals surface area contributed by atoms with Gasteiger partial charge in [0.05, 0.1) is 19.3 Å². The number of esters is 1. The molecule has 0 spiro atoms. The number of rotatable bonds is 3. The minimum absolute atomic E-state index is 0.107. The molecule has 0 aliphatic rings. The van der Waals surface area contributed by atoms with Crippen LogP contribution in [0.4, 0.5) is 0 Å². The fraction of sp³-hybridized carbons (Fsp3) is 0.188. The molecule has 0 unspecified atom stereocenters. The molecule has 0 atom stereocenters. The summed E-state index contributed by atoms with van der Waals surface area (Å²) in [7, 11) is 1.35. The van der Waals surface area contributed by atoms with E-state index in [0.29, 0.717) is 11.1 Å². The zero-order chi connectivity index (χ0) is 13.8. The SMILES string of the molecule is COC(=O)c1cc(CO)cc(-c2ccccc2C)c1. The number of methoxy groups -OCH3 is 1. The van der Waals surface area contributed by atoms with E-state index >= 15 is 0 Å². The number of carbonyl (C=O) groups is 1. The van der Waals surface area contributed by atoms with Gasteiger partial charge >= 0.3 is 5.97 Å². The minimum atomic E-state index is -0.398. The molecule has 0 aliphatic carbocycles. The maximum absolute atomic E-state index is 11.6. The average molecular weight is 256 g/mol. The highest BCUT2D eigenvalue weighted by molar-refractivity contribution is 5.91. The summed E-state index contributed by atoms with van der Waals surface area (Å²) in [6.45, 7) is 1.91. The molecule has 0 aliphatic heterocycles. The molecule has 19 heavy (non-hydrogen) atoms. The Kier molecular flexibility index (Phi) is 3.97. The van der Waals surface area contributed by atoms with Crippen LogP contribution in [0.5, 0.6) is 0 Å². The predicted molar refractivity (Wildman–Crippen MR) is 73.9 cm³/mol. The maximum Gasteiger partial charge on any atom is 0.337 e. The molecule has 0 heterocycles. The lowest BCUT2D eigenvalue weighted by Crippen LogP contribution is -2.03. The number of aliphatic hydroxyl groups excluding tert-OH is 1. The van der Waals surface area contributed by atoms with Gasteiger partial charge in [0.25, 0.3) is 0 Å². The van der Waals surface area contributed by atoms with Crippen molar-refractivity contribution in [3.05, 3.63) is 59.2 Å². The number of carbonyl (C=O) groups excluding carboxylic acids is 1. The Morgan fingerprint density at radius 2 is 1.95 bits per heavy atom. The van der Waals surface area contributed by atoms with E-state index in [4.69, 9.17) is 4.74 Å². The molecule has 0 radical (unpaired) electrons. The minimum Gasteiger partial charge on any atom is -0.465 e. The summed E-state index contributed by atoms with van der Waals surface area (Å²) in [6.07, 6.45) is 0. The Hall–Kier alpha value is -2.13. The van der Waals surface area contributed by atoms with E-state index in [9.17, 15) is 9.90 Å². The molecule has 98 valence electrons. The molecular weight excluding hydrogens is 240 g/mol. The van der Waals surface area contributed by atoms with Gasteiger partial charge in [-0.3, -0.25) is 0 Å². The Morgan fingerprint density at radius 3 is 2.58 bits per heavy atom. The van der Waals surface area contributed by atoms with Gasteiger partial charge < -0.3 is 9.84 Å². The van der Waals surface area contributed by atoms with E-state index < -0.39 is 5.97 Å². The van der Waals surface area contributed by atoms with Crippen molar-refractivity contribution in [3.8, 4) is 11.1 Å². The third-order valence-corrected chi connectivity index (χ3v) is 3.05. The fourth-order valence-corrected chi connectivity index (χ4v) is 2.07. The fourth-order valence-electron chi connectivity index (χ4n) is 2.07. The quantitative estimate of drug-likeness (QED) is 0.859. The lowest BCUT2D eigenvalue weighted by atomic mass is 9.97. The van der Waals surface area contributed by atoms with Gasteiger partial charge in [-0.2, -0.15) is 0 Å². The van der Waals surface area contributed by atoms with Crippen LogP contribution in [0.1, 0.15) is 21.5 Å². The second-order valence-corrected chi connectivity index (χ2v) is 4.38. The van der Waals surface area contributed by atoms with E-state index in [2.05, 4.69) is 0 Å². The molecule has 2 rings (SSSR count). The number of aliphatic hydroxyl groups is 1. The van der Waals surface area contributed by atoms with Crippen molar-refractivity contribution in [1.29, 1.82) is 0 Å². The third kappa shape index (κ3) is 2.83. The van der Waals surface area contributed by atoms with Crippen LogP contribution in [0.25, 0.3) is 11.1 Å². The first kappa shape index (κ1) is 13.3. The van der Waals surface area contributed by atoms with Crippen LogP contribution >= 0.6 is 0 Å².